The SMILES string of the molecule is CC(C)(C)[C@H](Nc1ccc(F)cc1F)C(=O)N1C[C@H]2[C@@H]([C@H]1C(=O)N[C@@H](C[C@@H]1CC3(CC3)NC1=O)C(N)=O)C2(C)C. The molecule has 2 heterocycles. The number of primary amides is 1. The van der Waals surface area contributed by atoms with Crippen molar-refractivity contribution in [3.8, 4) is 0 Å². The summed E-state index contributed by atoms with van der Waals surface area (Å²) in [5.41, 5.74) is 4.60. The maximum atomic E-state index is 14.5. The lowest BCUT2D eigenvalue weighted by Crippen LogP contribution is -2.58. The number of anilines is 1. The fourth-order valence-electron chi connectivity index (χ4n) is 6.83. The number of likely N-dealkylation sites (tertiary alicyclic amines) is 1. The topological polar surface area (TPSA) is 134 Å². The van der Waals surface area contributed by atoms with Crippen molar-refractivity contribution in [2.45, 2.75) is 84.0 Å². The number of fused-ring (bicyclic) bond motifs is 1. The fraction of sp³-hybridized carbons (Fsp3) is 0.655. The van der Waals surface area contributed by atoms with Gasteiger partial charge in [-0.3, -0.25) is 19.2 Å². The van der Waals surface area contributed by atoms with Gasteiger partial charge in [0.05, 0.1) is 5.69 Å². The number of rotatable bonds is 8. The summed E-state index contributed by atoms with van der Waals surface area (Å²) in [5.74, 6) is -3.77. The number of hydrogen-bond donors (Lipinski definition) is 4. The van der Waals surface area contributed by atoms with Gasteiger partial charge in [-0.2, -0.15) is 0 Å². The molecule has 0 aromatic heterocycles. The van der Waals surface area contributed by atoms with Gasteiger partial charge in [-0.05, 0) is 60.5 Å². The number of carbonyl (C=O) groups excluding carboxylic acids is 4. The van der Waals surface area contributed by atoms with Crippen LogP contribution in [0, 0.1) is 40.2 Å². The summed E-state index contributed by atoms with van der Waals surface area (Å²) in [6.45, 7) is 9.89. The van der Waals surface area contributed by atoms with Crippen LogP contribution < -0.4 is 21.7 Å². The Morgan fingerprint density at radius 3 is 2.42 bits per heavy atom. The second kappa shape index (κ2) is 9.41. The van der Waals surface area contributed by atoms with E-state index in [1.165, 1.54) is 11.0 Å². The summed E-state index contributed by atoms with van der Waals surface area (Å²) < 4.78 is 28.0. The predicted octanol–water partition coefficient (Wildman–Crippen LogP) is 2.30. The molecule has 1 spiro atoms. The molecule has 4 fully saturated rings. The van der Waals surface area contributed by atoms with Gasteiger partial charge in [0.2, 0.25) is 23.6 Å². The number of hydrogen-bond acceptors (Lipinski definition) is 5. The van der Waals surface area contributed by atoms with E-state index in [0.717, 1.165) is 25.0 Å². The normalized spacial score (nSPS) is 28.9. The molecule has 5 rings (SSSR count). The molecule has 40 heavy (non-hydrogen) atoms. The highest BCUT2D eigenvalue weighted by molar-refractivity contribution is 5.95. The Labute approximate surface area is 233 Å². The highest BCUT2D eigenvalue weighted by Crippen LogP contribution is 2.65. The second-order valence-corrected chi connectivity index (χ2v) is 13.8. The van der Waals surface area contributed by atoms with E-state index >= 15 is 0 Å². The van der Waals surface area contributed by atoms with Crippen LogP contribution in [0.15, 0.2) is 18.2 Å². The number of carbonyl (C=O) groups is 4. The molecule has 2 aliphatic carbocycles. The average molecular weight is 560 g/mol. The van der Waals surface area contributed by atoms with Crippen molar-refractivity contribution in [3.05, 3.63) is 29.8 Å². The number of benzene rings is 1. The van der Waals surface area contributed by atoms with Crippen LogP contribution in [-0.2, 0) is 19.2 Å². The number of nitrogens with one attached hydrogen (secondary N) is 3. The van der Waals surface area contributed by atoms with Crippen molar-refractivity contribution >= 4 is 29.3 Å². The van der Waals surface area contributed by atoms with Crippen molar-refractivity contribution in [1.29, 1.82) is 0 Å². The van der Waals surface area contributed by atoms with Crippen molar-refractivity contribution in [2.75, 3.05) is 11.9 Å². The molecule has 1 aromatic rings. The van der Waals surface area contributed by atoms with E-state index in [1.807, 2.05) is 34.6 Å². The van der Waals surface area contributed by atoms with Crippen molar-refractivity contribution in [1.82, 2.24) is 15.5 Å². The van der Waals surface area contributed by atoms with Gasteiger partial charge in [0, 0.05) is 24.1 Å². The lowest BCUT2D eigenvalue weighted by Gasteiger charge is -2.38. The first-order valence-corrected chi connectivity index (χ1v) is 14.0. The molecule has 5 N–H and O–H groups in total. The largest absolute Gasteiger partial charge is 0.371 e. The van der Waals surface area contributed by atoms with Crippen LogP contribution in [0.4, 0.5) is 14.5 Å². The third kappa shape index (κ3) is 5.03. The lowest BCUT2D eigenvalue weighted by molar-refractivity contribution is -0.143. The highest BCUT2D eigenvalue weighted by Gasteiger charge is 2.70. The standard InChI is InChI=1S/C29H39F2N5O4/c1-27(2,3)22(33-18-7-6-15(30)11-17(18)31)26(40)36-13-16-20(28(16,4)5)21(36)25(39)34-19(23(32)37)10-14-12-29(8-9-29)35-24(14)38/h6-7,11,14,16,19-22,33H,8-10,12-13H2,1-5H3,(H2,32,37)(H,34,39)(H,35,38)/t14-,16+,19+,20+,21+,22-/m1/s1. The minimum Gasteiger partial charge on any atom is -0.371 e. The third-order valence-electron chi connectivity index (χ3n) is 9.53. The number of nitrogens with zero attached hydrogens (tertiary/aromatic N) is 1. The lowest BCUT2D eigenvalue weighted by atomic mass is 9.85. The van der Waals surface area contributed by atoms with E-state index in [-0.39, 0.29) is 46.7 Å². The third-order valence-corrected chi connectivity index (χ3v) is 9.53. The van der Waals surface area contributed by atoms with E-state index in [9.17, 15) is 28.0 Å². The van der Waals surface area contributed by atoms with Crippen LogP contribution in [0.3, 0.4) is 0 Å². The molecule has 2 aliphatic heterocycles. The Morgan fingerprint density at radius 1 is 1.20 bits per heavy atom. The Hall–Kier alpha value is -3.24. The molecule has 4 aliphatic rings. The summed E-state index contributed by atoms with van der Waals surface area (Å²) >= 11 is 0. The summed E-state index contributed by atoms with van der Waals surface area (Å²) in [6, 6.07) is 0.265. The van der Waals surface area contributed by atoms with E-state index in [1.54, 1.807) is 0 Å². The van der Waals surface area contributed by atoms with Crippen LogP contribution >= 0.6 is 0 Å². The first-order chi connectivity index (χ1) is 18.5. The molecule has 4 amide bonds. The minimum absolute atomic E-state index is 0.0163. The van der Waals surface area contributed by atoms with Crippen molar-refractivity contribution in [3.63, 3.8) is 0 Å². The van der Waals surface area contributed by atoms with Crippen LogP contribution in [0.5, 0.6) is 0 Å². The minimum atomic E-state index is -1.06. The summed E-state index contributed by atoms with van der Waals surface area (Å²) in [7, 11) is 0. The van der Waals surface area contributed by atoms with Gasteiger partial charge < -0.3 is 26.6 Å². The Morgan fingerprint density at radius 2 is 1.88 bits per heavy atom. The number of halogens is 2. The highest BCUT2D eigenvalue weighted by atomic mass is 19.1. The molecule has 9 nitrogen and oxygen atoms in total. The molecular weight excluding hydrogens is 520 g/mol. The van der Waals surface area contributed by atoms with Gasteiger partial charge in [0.1, 0.15) is 29.8 Å². The van der Waals surface area contributed by atoms with Crippen LogP contribution in [0.2, 0.25) is 0 Å². The molecule has 0 unspecified atom stereocenters. The Bertz CT molecular complexity index is 1260. The molecule has 2 saturated carbocycles. The first kappa shape index (κ1) is 28.3. The van der Waals surface area contributed by atoms with E-state index in [2.05, 4.69) is 16.0 Å². The second-order valence-electron chi connectivity index (χ2n) is 13.8. The maximum Gasteiger partial charge on any atom is 0.246 e. The molecule has 11 heteroatoms. The zero-order valence-electron chi connectivity index (χ0n) is 23.6. The zero-order chi connectivity index (χ0) is 29.4. The van der Waals surface area contributed by atoms with Crippen LogP contribution in [0.1, 0.15) is 60.3 Å². The van der Waals surface area contributed by atoms with Gasteiger partial charge >= 0.3 is 0 Å². The number of piperidine rings is 1. The van der Waals surface area contributed by atoms with Gasteiger partial charge in [-0.15, -0.1) is 0 Å². The molecule has 6 atom stereocenters. The molecule has 2 saturated heterocycles. The Kier molecular flexibility index (Phi) is 6.66. The number of amides is 4. The van der Waals surface area contributed by atoms with E-state index in [4.69, 9.17) is 5.73 Å². The van der Waals surface area contributed by atoms with Gasteiger partial charge in [0.25, 0.3) is 0 Å². The van der Waals surface area contributed by atoms with Crippen LogP contribution in [-0.4, -0.2) is 58.7 Å². The van der Waals surface area contributed by atoms with E-state index < -0.39 is 52.9 Å². The molecule has 0 radical (unpaired) electrons. The summed E-state index contributed by atoms with van der Waals surface area (Å²) in [6.07, 6.45) is 2.52. The zero-order valence-corrected chi connectivity index (χ0v) is 23.6. The summed E-state index contributed by atoms with van der Waals surface area (Å²) in [4.78, 5) is 54.2. The monoisotopic (exact) mass is 559 g/mol. The van der Waals surface area contributed by atoms with Gasteiger partial charge in [-0.1, -0.05) is 34.6 Å². The first-order valence-electron chi connectivity index (χ1n) is 14.0. The molecule has 0 bridgehead atoms. The van der Waals surface area contributed by atoms with Gasteiger partial charge in [0.15, 0.2) is 0 Å². The molecule has 218 valence electrons. The predicted molar refractivity (Wildman–Crippen MR) is 143 cm³/mol. The molecule has 1 aromatic carbocycles. The van der Waals surface area contributed by atoms with E-state index in [0.29, 0.717) is 13.0 Å². The van der Waals surface area contributed by atoms with Crippen molar-refractivity contribution in [2.24, 2.45) is 34.3 Å². The average Bonchev–Trinajstić information content (AvgIpc) is 3.55. The van der Waals surface area contributed by atoms with Gasteiger partial charge in [-0.25, -0.2) is 8.78 Å². The number of nitrogens with two attached hydrogens (primary N) is 1. The quantitative estimate of drug-likeness (QED) is 0.388. The maximum absolute atomic E-state index is 14.5. The fourth-order valence-corrected chi connectivity index (χ4v) is 6.83. The smallest absolute Gasteiger partial charge is 0.246 e. The summed E-state index contributed by atoms with van der Waals surface area (Å²) in [5, 5.41) is 8.71. The Balaban J connectivity index is 1.36. The van der Waals surface area contributed by atoms with Crippen LogP contribution in [0.25, 0.3) is 0 Å². The molecular formula is C29H39F2N5O4. The van der Waals surface area contributed by atoms with Crippen molar-refractivity contribution < 1.29 is 28.0 Å².